The summed E-state index contributed by atoms with van der Waals surface area (Å²) in [6.07, 6.45) is 1.54. The fourth-order valence-corrected chi connectivity index (χ4v) is 2.40. The van der Waals surface area contributed by atoms with Gasteiger partial charge in [-0.2, -0.15) is 0 Å². The number of aliphatic hydroxyl groups is 1. The minimum Gasteiger partial charge on any atom is -0.465 e. The maximum atomic E-state index is 11.7. The van der Waals surface area contributed by atoms with Crippen LogP contribution in [0.2, 0.25) is 0 Å². The Morgan fingerprint density at radius 1 is 1.37 bits per heavy atom. The second-order valence-corrected chi connectivity index (χ2v) is 5.42. The maximum absolute atomic E-state index is 11.7. The number of hydrogen-bond acceptors (Lipinski definition) is 4. The number of likely N-dealkylation sites (tertiary alicyclic amines) is 1. The van der Waals surface area contributed by atoms with Crippen LogP contribution in [0.15, 0.2) is 24.3 Å². The van der Waals surface area contributed by atoms with E-state index in [1.54, 1.807) is 6.07 Å². The number of methoxy groups -OCH3 is 1. The number of esters is 1. The van der Waals surface area contributed by atoms with E-state index in [1.807, 2.05) is 25.1 Å². The molecule has 1 saturated heterocycles. The number of benzene rings is 1. The molecule has 0 unspecified atom stereocenters. The molecular formula is C15H21NO3. The average Bonchev–Trinajstić information content (AvgIpc) is 2.41. The van der Waals surface area contributed by atoms with Crippen molar-refractivity contribution in [2.45, 2.75) is 31.9 Å². The molecule has 0 saturated carbocycles. The molecular weight excluding hydrogens is 242 g/mol. The molecule has 0 atom stereocenters. The third kappa shape index (κ3) is 3.55. The van der Waals surface area contributed by atoms with Gasteiger partial charge in [0.1, 0.15) is 0 Å². The fourth-order valence-electron chi connectivity index (χ4n) is 2.40. The molecule has 0 aromatic heterocycles. The second-order valence-electron chi connectivity index (χ2n) is 5.42. The van der Waals surface area contributed by atoms with Gasteiger partial charge in [-0.15, -0.1) is 0 Å². The van der Waals surface area contributed by atoms with Crippen molar-refractivity contribution >= 4 is 5.97 Å². The van der Waals surface area contributed by atoms with Gasteiger partial charge in [0, 0.05) is 19.6 Å². The molecule has 1 N–H and O–H groups in total. The first-order valence-corrected chi connectivity index (χ1v) is 6.63. The third-order valence-corrected chi connectivity index (χ3v) is 3.75. The quantitative estimate of drug-likeness (QED) is 0.845. The minimum absolute atomic E-state index is 0.292. The topological polar surface area (TPSA) is 49.8 Å². The summed E-state index contributed by atoms with van der Waals surface area (Å²) in [5.41, 5.74) is 1.07. The Kier molecular flexibility index (Phi) is 4.22. The molecule has 1 fully saturated rings. The van der Waals surface area contributed by atoms with E-state index < -0.39 is 5.60 Å². The third-order valence-electron chi connectivity index (χ3n) is 3.75. The normalized spacial score (nSPS) is 19.1. The van der Waals surface area contributed by atoms with E-state index in [1.165, 1.54) is 7.11 Å². The lowest BCUT2D eigenvalue weighted by molar-refractivity contribution is -0.00743. The van der Waals surface area contributed by atoms with Crippen molar-refractivity contribution in [2.75, 3.05) is 20.2 Å². The number of nitrogens with zero attached hydrogens (tertiary/aromatic N) is 1. The highest BCUT2D eigenvalue weighted by molar-refractivity contribution is 5.90. The van der Waals surface area contributed by atoms with Crippen LogP contribution >= 0.6 is 0 Å². The largest absolute Gasteiger partial charge is 0.465 e. The Labute approximate surface area is 114 Å². The van der Waals surface area contributed by atoms with E-state index in [9.17, 15) is 9.90 Å². The van der Waals surface area contributed by atoms with Crippen LogP contribution < -0.4 is 0 Å². The van der Waals surface area contributed by atoms with Crippen LogP contribution in [0.1, 0.15) is 35.7 Å². The fraction of sp³-hybridized carbons (Fsp3) is 0.533. The smallest absolute Gasteiger partial charge is 0.338 e. The number of hydrogen-bond donors (Lipinski definition) is 1. The highest BCUT2D eigenvalue weighted by atomic mass is 16.5. The summed E-state index contributed by atoms with van der Waals surface area (Å²) in [5.74, 6) is -0.292. The Bertz CT molecular complexity index is 446. The van der Waals surface area contributed by atoms with Gasteiger partial charge in [0.25, 0.3) is 0 Å². The molecule has 19 heavy (non-hydrogen) atoms. The Morgan fingerprint density at radius 3 is 2.63 bits per heavy atom. The van der Waals surface area contributed by atoms with E-state index in [0.29, 0.717) is 5.56 Å². The molecule has 1 aliphatic rings. The summed E-state index contributed by atoms with van der Waals surface area (Å²) in [6.45, 7) is 4.30. The van der Waals surface area contributed by atoms with E-state index in [2.05, 4.69) is 4.90 Å². The SMILES string of the molecule is COC(=O)c1ccccc1CN1CCC(C)(O)CC1. The highest BCUT2D eigenvalue weighted by Crippen LogP contribution is 2.23. The number of ether oxygens (including phenoxy) is 1. The molecule has 4 nitrogen and oxygen atoms in total. The zero-order valence-corrected chi connectivity index (χ0v) is 11.6. The van der Waals surface area contributed by atoms with E-state index >= 15 is 0 Å². The maximum Gasteiger partial charge on any atom is 0.338 e. The van der Waals surface area contributed by atoms with Crippen molar-refractivity contribution in [3.63, 3.8) is 0 Å². The lowest BCUT2D eigenvalue weighted by atomic mass is 9.93. The van der Waals surface area contributed by atoms with Gasteiger partial charge in [0.2, 0.25) is 0 Å². The molecule has 1 aromatic rings. The lowest BCUT2D eigenvalue weighted by Crippen LogP contribution is -2.42. The zero-order valence-electron chi connectivity index (χ0n) is 11.6. The molecule has 0 aliphatic carbocycles. The second kappa shape index (κ2) is 5.72. The van der Waals surface area contributed by atoms with Gasteiger partial charge in [0.05, 0.1) is 18.3 Å². The number of carbonyl (C=O) groups is 1. The van der Waals surface area contributed by atoms with Gasteiger partial charge >= 0.3 is 5.97 Å². The number of carbonyl (C=O) groups excluding carboxylic acids is 1. The van der Waals surface area contributed by atoms with Crippen molar-refractivity contribution in [3.05, 3.63) is 35.4 Å². The first kappa shape index (κ1) is 14.0. The Morgan fingerprint density at radius 2 is 2.00 bits per heavy atom. The van der Waals surface area contributed by atoms with Crippen molar-refractivity contribution in [3.8, 4) is 0 Å². The summed E-state index contributed by atoms with van der Waals surface area (Å²) < 4.78 is 4.80. The molecule has 0 bridgehead atoms. The molecule has 104 valence electrons. The van der Waals surface area contributed by atoms with Crippen molar-refractivity contribution in [1.29, 1.82) is 0 Å². The summed E-state index contributed by atoms with van der Waals surface area (Å²) >= 11 is 0. The zero-order chi connectivity index (χ0) is 13.9. The summed E-state index contributed by atoms with van der Waals surface area (Å²) in [6, 6.07) is 7.53. The van der Waals surface area contributed by atoms with Crippen molar-refractivity contribution in [1.82, 2.24) is 4.90 Å². The molecule has 0 spiro atoms. The molecule has 0 amide bonds. The highest BCUT2D eigenvalue weighted by Gasteiger charge is 2.27. The summed E-state index contributed by atoms with van der Waals surface area (Å²) in [7, 11) is 1.40. The van der Waals surface area contributed by atoms with Crippen LogP contribution in [0.4, 0.5) is 0 Å². The molecule has 4 heteroatoms. The molecule has 1 heterocycles. The van der Waals surface area contributed by atoms with Gasteiger partial charge in [-0.05, 0) is 31.4 Å². The van der Waals surface area contributed by atoms with Crippen LogP contribution in [0, 0.1) is 0 Å². The van der Waals surface area contributed by atoms with E-state index in [4.69, 9.17) is 4.74 Å². The molecule has 1 aliphatic heterocycles. The standard InChI is InChI=1S/C15H21NO3/c1-15(18)7-9-16(10-8-15)11-12-5-3-4-6-13(12)14(17)19-2/h3-6,18H,7-11H2,1-2H3. The molecule has 1 aromatic carbocycles. The van der Waals surface area contributed by atoms with Gasteiger partial charge in [-0.25, -0.2) is 4.79 Å². The van der Waals surface area contributed by atoms with Crippen LogP contribution in [0.25, 0.3) is 0 Å². The van der Waals surface area contributed by atoms with E-state index in [-0.39, 0.29) is 5.97 Å². The van der Waals surface area contributed by atoms with Gasteiger partial charge in [-0.3, -0.25) is 4.90 Å². The molecule has 0 radical (unpaired) electrons. The number of piperidine rings is 1. The number of rotatable bonds is 3. The van der Waals surface area contributed by atoms with Crippen LogP contribution in [0.3, 0.4) is 0 Å². The van der Waals surface area contributed by atoms with E-state index in [0.717, 1.165) is 38.0 Å². The predicted octanol–water partition coefficient (Wildman–Crippen LogP) is 1.82. The first-order valence-electron chi connectivity index (χ1n) is 6.63. The molecule has 2 rings (SSSR count). The van der Waals surface area contributed by atoms with Gasteiger partial charge < -0.3 is 9.84 Å². The lowest BCUT2D eigenvalue weighted by Gasteiger charge is -2.35. The average molecular weight is 263 g/mol. The monoisotopic (exact) mass is 263 g/mol. The summed E-state index contributed by atoms with van der Waals surface area (Å²) in [5, 5.41) is 9.94. The Balaban J connectivity index is 2.06. The van der Waals surface area contributed by atoms with Crippen LogP contribution in [-0.2, 0) is 11.3 Å². The van der Waals surface area contributed by atoms with Crippen LogP contribution in [0.5, 0.6) is 0 Å². The first-order chi connectivity index (χ1) is 9.02. The predicted molar refractivity (Wildman–Crippen MR) is 72.9 cm³/mol. The van der Waals surface area contributed by atoms with Crippen molar-refractivity contribution < 1.29 is 14.6 Å². The van der Waals surface area contributed by atoms with Gasteiger partial charge in [-0.1, -0.05) is 18.2 Å². The van der Waals surface area contributed by atoms with Crippen LogP contribution in [-0.4, -0.2) is 41.8 Å². The van der Waals surface area contributed by atoms with Crippen molar-refractivity contribution in [2.24, 2.45) is 0 Å². The Hall–Kier alpha value is -1.39. The van der Waals surface area contributed by atoms with Gasteiger partial charge in [0.15, 0.2) is 0 Å². The minimum atomic E-state index is -0.543. The summed E-state index contributed by atoms with van der Waals surface area (Å²) in [4.78, 5) is 14.0.